The van der Waals surface area contributed by atoms with Crippen LogP contribution in [0.2, 0.25) is 0 Å². The molecule has 4 N–H and O–H groups in total. The van der Waals surface area contributed by atoms with Crippen molar-refractivity contribution in [1.82, 2.24) is 5.32 Å². The van der Waals surface area contributed by atoms with Crippen LogP contribution in [-0.2, 0) is 4.79 Å². The SMILES string of the molecule is O=C(O)CC(O)CNCC1(O)CCCC1. The van der Waals surface area contributed by atoms with Crippen LogP contribution in [0, 0.1) is 0 Å². The molecular weight excluding hydrogens is 198 g/mol. The standard InChI is InChI=1S/C10H19NO4/c12-8(5-9(13)14)6-11-7-10(15)3-1-2-4-10/h8,11-12,15H,1-7H2,(H,13,14). The highest BCUT2D eigenvalue weighted by atomic mass is 16.4. The van der Waals surface area contributed by atoms with Gasteiger partial charge >= 0.3 is 5.97 Å². The predicted molar refractivity (Wildman–Crippen MR) is 54.5 cm³/mol. The Morgan fingerprint density at radius 2 is 2.00 bits per heavy atom. The summed E-state index contributed by atoms with van der Waals surface area (Å²) in [5.74, 6) is -1.01. The molecule has 1 rings (SSSR count). The molecule has 0 aliphatic heterocycles. The van der Waals surface area contributed by atoms with Crippen molar-refractivity contribution < 1.29 is 20.1 Å². The first kappa shape index (κ1) is 12.4. The molecule has 1 aliphatic carbocycles. The Bertz CT molecular complexity index is 213. The van der Waals surface area contributed by atoms with Gasteiger partial charge in [-0.15, -0.1) is 0 Å². The molecule has 88 valence electrons. The van der Waals surface area contributed by atoms with Gasteiger partial charge in [0.05, 0.1) is 18.1 Å². The first-order chi connectivity index (χ1) is 7.02. The molecule has 0 aromatic rings. The zero-order chi connectivity index (χ0) is 11.3. The van der Waals surface area contributed by atoms with Gasteiger partial charge in [-0.25, -0.2) is 0 Å². The number of carboxylic acid groups (broad SMARTS) is 1. The van der Waals surface area contributed by atoms with Crippen molar-refractivity contribution in [3.05, 3.63) is 0 Å². The Hall–Kier alpha value is -0.650. The summed E-state index contributed by atoms with van der Waals surface area (Å²) in [5, 5.41) is 30.5. The van der Waals surface area contributed by atoms with E-state index in [4.69, 9.17) is 5.11 Å². The van der Waals surface area contributed by atoms with Crippen LogP contribution >= 0.6 is 0 Å². The molecule has 0 spiro atoms. The second-order valence-electron chi connectivity index (χ2n) is 4.31. The van der Waals surface area contributed by atoms with Crippen LogP contribution in [0.3, 0.4) is 0 Å². The minimum absolute atomic E-state index is 0.217. The van der Waals surface area contributed by atoms with Gasteiger partial charge in [-0.2, -0.15) is 0 Å². The minimum atomic E-state index is -1.01. The monoisotopic (exact) mass is 217 g/mol. The van der Waals surface area contributed by atoms with Crippen molar-refractivity contribution >= 4 is 5.97 Å². The molecule has 1 fully saturated rings. The van der Waals surface area contributed by atoms with Gasteiger partial charge in [0.25, 0.3) is 0 Å². The van der Waals surface area contributed by atoms with E-state index in [2.05, 4.69) is 5.32 Å². The maximum Gasteiger partial charge on any atom is 0.306 e. The Balaban J connectivity index is 2.12. The largest absolute Gasteiger partial charge is 0.481 e. The van der Waals surface area contributed by atoms with E-state index >= 15 is 0 Å². The maximum atomic E-state index is 10.3. The molecule has 0 heterocycles. The molecule has 0 amide bonds. The highest BCUT2D eigenvalue weighted by Gasteiger charge is 2.30. The molecule has 0 aromatic carbocycles. The van der Waals surface area contributed by atoms with Gasteiger partial charge in [0, 0.05) is 13.1 Å². The Morgan fingerprint density at radius 1 is 1.40 bits per heavy atom. The number of nitrogens with one attached hydrogen (secondary N) is 1. The van der Waals surface area contributed by atoms with Crippen LogP contribution < -0.4 is 5.32 Å². The van der Waals surface area contributed by atoms with Crippen LogP contribution in [0.25, 0.3) is 0 Å². The summed E-state index contributed by atoms with van der Waals surface area (Å²) in [5.41, 5.74) is -0.650. The molecule has 1 atom stereocenters. The highest BCUT2D eigenvalue weighted by Crippen LogP contribution is 2.28. The maximum absolute atomic E-state index is 10.3. The summed E-state index contributed by atoms with van der Waals surface area (Å²) in [4.78, 5) is 10.3. The lowest BCUT2D eigenvalue weighted by atomic mass is 10.0. The summed E-state index contributed by atoms with van der Waals surface area (Å²) < 4.78 is 0. The normalized spacial score (nSPS) is 21.5. The number of aliphatic carboxylic acids is 1. The summed E-state index contributed by atoms with van der Waals surface area (Å²) in [6.45, 7) is 0.651. The Morgan fingerprint density at radius 3 is 2.53 bits per heavy atom. The van der Waals surface area contributed by atoms with E-state index in [1.54, 1.807) is 0 Å². The topological polar surface area (TPSA) is 89.8 Å². The van der Waals surface area contributed by atoms with Crippen molar-refractivity contribution in [2.24, 2.45) is 0 Å². The van der Waals surface area contributed by atoms with E-state index in [0.29, 0.717) is 6.54 Å². The molecule has 0 radical (unpaired) electrons. The lowest BCUT2D eigenvalue weighted by Gasteiger charge is -2.23. The summed E-state index contributed by atoms with van der Waals surface area (Å²) in [7, 11) is 0. The molecule has 0 bridgehead atoms. The average molecular weight is 217 g/mol. The van der Waals surface area contributed by atoms with Gasteiger partial charge in [-0.3, -0.25) is 4.79 Å². The summed E-state index contributed by atoms with van der Waals surface area (Å²) in [6, 6.07) is 0. The van der Waals surface area contributed by atoms with E-state index < -0.39 is 17.7 Å². The molecule has 5 heteroatoms. The third kappa shape index (κ3) is 4.59. The smallest absolute Gasteiger partial charge is 0.306 e. The van der Waals surface area contributed by atoms with E-state index in [9.17, 15) is 15.0 Å². The van der Waals surface area contributed by atoms with Crippen molar-refractivity contribution in [3.8, 4) is 0 Å². The van der Waals surface area contributed by atoms with Crippen LogP contribution in [-0.4, -0.2) is 46.1 Å². The number of aliphatic hydroxyl groups excluding tert-OH is 1. The summed E-state index contributed by atoms with van der Waals surface area (Å²) in [6.07, 6.45) is 2.51. The average Bonchev–Trinajstić information content (AvgIpc) is 2.51. The quantitative estimate of drug-likeness (QED) is 0.491. The third-order valence-electron chi connectivity index (χ3n) is 2.78. The lowest BCUT2D eigenvalue weighted by Crippen LogP contribution is -2.41. The first-order valence-corrected chi connectivity index (χ1v) is 5.35. The third-order valence-corrected chi connectivity index (χ3v) is 2.78. The molecule has 5 nitrogen and oxygen atoms in total. The van der Waals surface area contributed by atoms with Crippen molar-refractivity contribution in [2.75, 3.05) is 13.1 Å². The van der Waals surface area contributed by atoms with Gasteiger partial charge in [0.1, 0.15) is 0 Å². The minimum Gasteiger partial charge on any atom is -0.481 e. The molecule has 1 aliphatic rings. The van der Waals surface area contributed by atoms with Crippen LogP contribution in [0.1, 0.15) is 32.1 Å². The van der Waals surface area contributed by atoms with Gasteiger partial charge in [0.15, 0.2) is 0 Å². The second-order valence-corrected chi connectivity index (χ2v) is 4.31. The first-order valence-electron chi connectivity index (χ1n) is 5.35. The number of carbonyl (C=O) groups is 1. The fraction of sp³-hybridized carbons (Fsp3) is 0.900. The molecule has 0 aromatic heterocycles. The zero-order valence-electron chi connectivity index (χ0n) is 8.78. The molecular formula is C10H19NO4. The van der Waals surface area contributed by atoms with E-state index in [-0.39, 0.29) is 13.0 Å². The molecule has 0 saturated heterocycles. The van der Waals surface area contributed by atoms with Crippen LogP contribution in [0.4, 0.5) is 0 Å². The number of hydrogen-bond donors (Lipinski definition) is 4. The van der Waals surface area contributed by atoms with E-state index in [1.807, 2.05) is 0 Å². The van der Waals surface area contributed by atoms with Gasteiger partial charge < -0.3 is 20.6 Å². The molecule has 15 heavy (non-hydrogen) atoms. The fourth-order valence-electron chi connectivity index (χ4n) is 1.96. The van der Waals surface area contributed by atoms with Crippen LogP contribution in [0.15, 0.2) is 0 Å². The fourth-order valence-corrected chi connectivity index (χ4v) is 1.96. The van der Waals surface area contributed by atoms with Crippen molar-refractivity contribution in [1.29, 1.82) is 0 Å². The Kier molecular flexibility index (Phi) is 4.50. The van der Waals surface area contributed by atoms with E-state index in [1.165, 1.54) is 0 Å². The highest BCUT2D eigenvalue weighted by molar-refractivity contribution is 5.67. The van der Waals surface area contributed by atoms with Crippen molar-refractivity contribution in [3.63, 3.8) is 0 Å². The predicted octanol–water partition coefficient (Wildman–Crippen LogP) is -0.283. The summed E-state index contributed by atoms with van der Waals surface area (Å²) >= 11 is 0. The zero-order valence-corrected chi connectivity index (χ0v) is 8.78. The van der Waals surface area contributed by atoms with Crippen LogP contribution in [0.5, 0.6) is 0 Å². The number of hydrogen-bond acceptors (Lipinski definition) is 4. The van der Waals surface area contributed by atoms with Gasteiger partial charge in [-0.05, 0) is 12.8 Å². The molecule has 1 unspecified atom stereocenters. The van der Waals surface area contributed by atoms with Gasteiger partial charge in [0.2, 0.25) is 0 Å². The number of carboxylic acids is 1. The lowest BCUT2D eigenvalue weighted by molar-refractivity contribution is -0.139. The van der Waals surface area contributed by atoms with Crippen molar-refractivity contribution in [2.45, 2.75) is 43.8 Å². The number of rotatable bonds is 6. The van der Waals surface area contributed by atoms with E-state index in [0.717, 1.165) is 25.7 Å². The molecule has 1 saturated carbocycles. The van der Waals surface area contributed by atoms with Gasteiger partial charge in [-0.1, -0.05) is 12.8 Å². The Labute approximate surface area is 89.1 Å². The second kappa shape index (κ2) is 5.44. The number of aliphatic hydroxyl groups is 2.